The van der Waals surface area contributed by atoms with Crippen LogP contribution in [0.4, 0.5) is 5.69 Å². The second-order valence-electron chi connectivity index (χ2n) is 5.45. The molecule has 1 heterocycles. The van der Waals surface area contributed by atoms with Crippen molar-refractivity contribution in [2.45, 2.75) is 0 Å². The number of para-hydroxylation sites is 1. The molecular weight excluding hydrogens is 312 g/mol. The van der Waals surface area contributed by atoms with Gasteiger partial charge in [-0.2, -0.15) is 0 Å². The molecule has 2 aromatic rings. The van der Waals surface area contributed by atoms with E-state index in [1.54, 1.807) is 0 Å². The fourth-order valence-corrected chi connectivity index (χ4v) is 2.82. The molecule has 3 rings (SSSR count). The summed E-state index contributed by atoms with van der Waals surface area (Å²) < 4.78 is 5.53. The van der Waals surface area contributed by atoms with Crippen LogP contribution < -0.4 is 9.64 Å². The van der Waals surface area contributed by atoms with Crippen molar-refractivity contribution >= 4 is 23.2 Å². The van der Waals surface area contributed by atoms with Crippen molar-refractivity contribution < 1.29 is 9.53 Å². The Hall–Kier alpha value is -2.20. The molecule has 0 aliphatic carbocycles. The molecule has 0 radical (unpaired) electrons. The quantitative estimate of drug-likeness (QED) is 0.863. The van der Waals surface area contributed by atoms with E-state index in [1.807, 2.05) is 59.5 Å². The first-order valence-corrected chi connectivity index (χ1v) is 8.06. The lowest BCUT2D eigenvalue weighted by Crippen LogP contribution is -2.50. The summed E-state index contributed by atoms with van der Waals surface area (Å²) in [6.45, 7) is 3.09. The molecule has 0 unspecified atom stereocenters. The Labute approximate surface area is 141 Å². The Kier molecular flexibility index (Phi) is 5.03. The zero-order valence-electron chi connectivity index (χ0n) is 12.8. The van der Waals surface area contributed by atoms with E-state index < -0.39 is 0 Å². The maximum atomic E-state index is 12.2. The van der Waals surface area contributed by atoms with Crippen LogP contribution in [-0.2, 0) is 4.79 Å². The van der Waals surface area contributed by atoms with Gasteiger partial charge in [0.2, 0.25) is 0 Å². The van der Waals surface area contributed by atoms with Crippen LogP contribution in [0.5, 0.6) is 5.75 Å². The Morgan fingerprint density at radius 3 is 2.43 bits per heavy atom. The van der Waals surface area contributed by atoms with Crippen LogP contribution in [0.1, 0.15) is 0 Å². The Bertz CT molecular complexity index is 655. The molecule has 1 amide bonds. The number of piperazine rings is 1. The van der Waals surface area contributed by atoms with Gasteiger partial charge in [0.05, 0.1) is 0 Å². The summed E-state index contributed by atoms with van der Waals surface area (Å²) >= 11 is 6.03. The van der Waals surface area contributed by atoms with E-state index in [1.165, 1.54) is 0 Å². The molecule has 2 aromatic carbocycles. The Balaban J connectivity index is 1.49. The van der Waals surface area contributed by atoms with Gasteiger partial charge < -0.3 is 14.5 Å². The molecule has 1 aliphatic heterocycles. The van der Waals surface area contributed by atoms with Crippen molar-refractivity contribution in [3.05, 3.63) is 59.6 Å². The molecule has 0 bridgehead atoms. The lowest BCUT2D eigenvalue weighted by Gasteiger charge is -2.36. The average Bonchev–Trinajstić information content (AvgIpc) is 2.61. The van der Waals surface area contributed by atoms with Crippen LogP contribution in [0.25, 0.3) is 0 Å². The number of hydrogen-bond donors (Lipinski definition) is 0. The molecule has 23 heavy (non-hydrogen) atoms. The van der Waals surface area contributed by atoms with E-state index in [0.717, 1.165) is 29.5 Å². The number of nitrogens with zero attached hydrogens (tertiary/aromatic N) is 2. The molecule has 120 valence electrons. The fourth-order valence-electron chi connectivity index (χ4n) is 2.64. The Morgan fingerprint density at radius 2 is 1.74 bits per heavy atom. The fraction of sp³-hybridized carbons (Fsp3) is 0.278. The van der Waals surface area contributed by atoms with Gasteiger partial charge in [0.1, 0.15) is 5.75 Å². The molecular formula is C18H19ClN2O2. The highest BCUT2D eigenvalue weighted by Crippen LogP contribution is 2.20. The number of benzene rings is 2. The van der Waals surface area contributed by atoms with Crippen LogP contribution >= 0.6 is 11.6 Å². The van der Waals surface area contributed by atoms with E-state index in [9.17, 15) is 4.79 Å². The first-order chi connectivity index (χ1) is 11.2. The van der Waals surface area contributed by atoms with Gasteiger partial charge in [0.25, 0.3) is 5.91 Å². The standard InChI is InChI=1S/C18H19ClN2O2/c19-15-5-4-6-16(13-15)20-9-11-21(12-10-20)18(22)14-23-17-7-2-1-3-8-17/h1-8,13H,9-12,14H2. The zero-order chi connectivity index (χ0) is 16.1. The van der Waals surface area contributed by atoms with Crippen molar-refractivity contribution in [3.63, 3.8) is 0 Å². The molecule has 5 heteroatoms. The number of amides is 1. The maximum absolute atomic E-state index is 12.2. The number of carbonyl (C=O) groups is 1. The summed E-state index contributed by atoms with van der Waals surface area (Å²) in [6, 6.07) is 17.2. The minimum absolute atomic E-state index is 0.0274. The van der Waals surface area contributed by atoms with Crippen LogP contribution in [-0.4, -0.2) is 43.6 Å². The van der Waals surface area contributed by atoms with Crippen LogP contribution in [0.2, 0.25) is 5.02 Å². The van der Waals surface area contributed by atoms with E-state index in [-0.39, 0.29) is 12.5 Å². The van der Waals surface area contributed by atoms with Crippen molar-refractivity contribution in [1.29, 1.82) is 0 Å². The largest absolute Gasteiger partial charge is 0.484 e. The number of rotatable bonds is 4. The van der Waals surface area contributed by atoms with Gasteiger partial charge in [-0.25, -0.2) is 0 Å². The normalized spacial score (nSPS) is 14.7. The topological polar surface area (TPSA) is 32.8 Å². The molecule has 0 spiro atoms. The number of anilines is 1. The molecule has 1 saturated heterocycles. The number of carbonyl (C=O) groups excluding carboxylic acids is 1. The van der Waals surface area contributed by atoms with Gasteiger partial charge in [-0.05, 0) is 30.3 Å². The second kappa shape index (κ2) is 7.38. The van der Waals surface area contributed by atoms with E-state index in [2.05, 4.69) is 4.90 Å². The second-order valence-corrected chi connectivity index (χ2v) is 5.89. The summed E-state index contributed by atoms with van der Waals surface area (Å²) in [7, 11) is 0. The third-order valence-corrected chi connectivity index (χ3v) is 4.15. The monoisotopic (exact) mass is 330 g/mol. The zero-order valence-corrected chi connectivity index (χ0v) is 13.6. The third kappa shape index (κ3) is 4.17. The minimum atomic E-state index is 0.0274. The number of ether oxygens (including phenoxy) is 1. The van der Waals surface area contributed by atoms with Crippen LogP contribution in [0, 0.1) is 0 Å². The summed E-state index contributed by atoms with van der Waals surface area (Å²) in [4.78, 5) is 16.3. The number of halogens is 1. The molecule has 0 aromatic heterocycles. The van der Waals surface area contributed by atoms with E-state index in [4.69, 9.17) is 16.3 Å². The van der Waals surface area contributed by atoms with Crippen LogP contribution in [0.15, 0.2) is 54.6 Å². The van der Waals surface area contributed by atoms with Crippen molar-refractivity contribution in [2.24, 2.45) is 0 Å². The van der Waals surface area contributed by atoms with Gasteiger partial charge in [-0.15, -0.1) is 0 Å². The molecule has 0 N–H and O–H groups in total. The molecule has 1 fully saturated rings. The van der Waals surface area contributed by atoms with Crippen LogP contribution in [0.3, 0.4) is 0 Å². The highest BCUT2D eigenvalue weighted by molar-refractivity contribution is 6.30. The van der Waals surface area contributed by atoms with Gasteiger partial charge >= 0.3 is 0 Å². The van der Waals surface area contributed by atoms with E-state index >= 15 is 0 Å². The molecule has 0 saturated carbocycles. The van der Waals surface area contributed by atoms with Crippen molar-refractivity contribution in [2.75, 3.05) is 37.7 Å². The summed E-state index contributed by atoms with van der Waals surface area (Å²) in [5.41, 5.74) is 1.10. The predicted octanol–water partition coefficient (Wildman–Crippen LogP) is 3.07. The predicted molar refractivity (Wildman–Crippen MR) is 92.2 cm³/mol. The SMILES string of the molecule is O=C(COc1ccccc1)N1CCN(c2cccc(Cl)c2)CC1. The average molecular weight is 331 g/mol. The lowest BCUT2D eigenvalue weighted by atomic mass is 10.2. The first kappa shape index (κ1) is 15.7. The summed E-state index contributed by atoms with van der Waals surface area (Å²) in [5.74, 6) is 0.748. The van der Waals surface area contributed by atoms with Gasteiger partial charge in [-0.3, -0.25) is 4.79 Å². The van der Waals surface area contributed by atoms with Crippen molar-refractivity contribution in [1.82, 2.24) is 4.90 Å². The van der Waals surface area contributed by atoms with Gasteiger partial charge in [0.15, 0.2) is 6.61 Å². The minimum Gasteiger partial charge on any atom is -0.484 e. The maximum Gasteiger partial charge on any atom is 0.260 e. The first-order valence-electron chi connectivity index (χ1n) is 7.68. The Morgan fingerprint density at radius 1 is 1.00 bits per heavy atom. The van der Waals surface area contributed by atoms with Gasteiger partial charge in [-0.1, -0.05) is 35.9 Å². The summed E-state index contributed by atoms with van der Waals surface area (Å²) in [5, 5.41) is 0.734. The molecule has 0 atom stereocenters. The summed E-state index contributed by atoms with van der Waals surface area (Å²) in [6.07, 6.45) is 0. The molecule has 1 aliphatic rings. The van der Waals surface area contributed by atoms with E-state index in [0.29, 0.717) is 13.1 Å². The third-order valence-electron chi connectivity index (χ3n) is 3.91. The van der Waals surface area contributed by atoms with Crippen molar-refractivity contribution in [3.8, 4) is 5.75 Å². The highest BCUT2D eigenvalue weighted by atomic mass is 35.5. The lowest BCUT2D eigenvalue weighted by molar-refractivity contribution is -0.133. The smallest absolute Gasteiger partial charge is 0.260 e. The van der Waals surface area contributed by atoms with Gasteiger partial charge in [0, 0.05) is 36.9 Å². The highest BCUT2D eigenvalue weighted by Gasteiger charge is 2.21. The number of hydrogen-bond acceptors (Lipinski definition) is 3. The molecule has 4 nitrogen and oxygen atoms in total.